The van der Waals surface area contributed by atoms with Crippen molar-refractivity contribution in [3.8, 4) is 5.75 Å². The lowest BCUT2D eigenvalue weighted by Crippen LogP contribution is -2.36. The van der Waals surface area contributed by atoms with Gasteiger partial charge in [-0.15, -0.1) is 0 Å². The van der Waals surface area contributed by atoms with Gasteiger partial charge in [-0.3, -0.25) is 4.79 Å². The molecule has 0 bridgehead atoms. The lowest BCUT2D eigenvalue weighted by molar-refractivity contribution is 0.182. The standard InChI is InChI=1S/C24H28BrClN2O2S/c1-30-21-6-7-23(25)18(15-21)14-17-8-11-27(12-9-17)13-10-22-16-28(24(29)31-22)20-4-2-19(26)3-5-20/h2-7,15,17,22H,8-14,16H2,1H3. The van der Waals surface area contributed by atoms with Crippen molar-refractivity contribution in [3.63, 3.8) is 0 Å². The van der Waals surface area contributed by atoms with Gasteiger partial charge in [0.05, 0.1) is 7.11 Å². The molecule has 4 nitrogen and oxygen atoms in total. The molecule has 2 saturated heterocycles. The second-order valence-electron chi connectivity index (χ2n) is 8.33. The Morgan fingerprint density at radius 3 is 2.61 bits per heavy atom. The number of ether oxygens (including phenoxy) is 1. The number of carbonyl (C=O) groups excluding carboxylic acids is 1. The van der Waals surface area contributed by atoms with Gasteiger partial charge in [-0.05, 0) is 99.3 Å². The van der Waals surface area contributed by atoms with Crippen LogP contribution in [0, 0.1) is 5.92 Å². The van der Waals surface area contributed by atoms with Crippen molar-refractivity contribution in [2.75, 3.05) is 38.2 Å². The summed E-state index contributed by atoms with van der Waals surface area (Å²) < 4.78 is 6.55. The van der Waals surface area contributed by atoms with E-state index in [1.165, 1.54) is 34.6 Å². The lowest BCUT2D eigenvalue weighted by atomic mass is 9.90. The number of methoxy groups -OCH3 is 1. The summed E-state index contributed by atoms with van der Waals surface area (Å²) >= 11 is 11.1. The molecule has 2 aromatic carbocycles. The Kier molecular flexibility index (Phi) is 7.86. The van der Waals surface area contributed by atoms with Gasteiger partial charge >= 0.3 is 0 Å². The molecule has 0 spiro atoms. The molecule has 31 heavy (non-hydrogen) atoms. The number of hydrogen-bond acceptors (Lipinski definition) is 4. The maximum Gasteiger partial charge on any atom is 0.286 e. The highest BCUT2D eigenvalue weighted by Gasteiger charge is 2.32. The first-order valence-corrected chi connectivity index (χ1v) is 12.9. The van der Waals surface area contributed by atoms with Crippen LogP contribution in [0.1, 0.15) is 24.8 Å². The molecule has 166 valence electrons. The van der Waals surface area contributed by atoms with Crippen molar-refractivity contribution in [1.82, 2.24) is 4.90 Å². The number of hydrogen-bond donors (Lipinski definition) is 0. The molecule has 0 saturated carbocycles. The molecule has 0 aliphatic carbocycles. The summed E-state index contributed by atoms with van der Waals surface area (Å²) in [6.45, 7) is 4.12. The quantitative estimate of drug-likeness (QED) is 0.415. The summed E-state index contributed by atoms with van der Waals surface area (Å²) in [6.07, 6.45) is 4.58. The Bertz CT molecular complexity index is 903. The van der Waals surface area contributed by atoms with Crippen molar-refractivity contribution in [3.05, 3.63) is 57.5 Å². The maximum absolute atomic E-state index is 12.4. The van der Waals surface area contributed by atoms with E-state index < -0.39 is 0 Å². The highest BCUT2D eigenvalue weighted by atomic mass is 79.9. The number of amides is 1. The number of likely N-dealkylation sites (tertiary alicyclic amines) is 1. The molecule has 1 unspecified atom stereocenters. The molecule has 0 N–H and O–H groups in total. The number of thioether (sulfide) groups is 1. The van der Waals surface area contributed by atoms with Gasteiger partial charge < -0.3 is 14.5 Å². The third-order valence-corrected chi connectivity index (χ3v) is 8.41. The summed E-state index contributed by atoms with van der Waals surface area (Å²) in [5.41, 5.74) is 2.27. The molecular formula is C24H28BrClN2O2S. The van der Waals surface area contributed by atoms with Gasteiger partial charge in [0.25, 0.3) is 5.24 Å². The number of carbonyl (C=O) groups is 1. The number of benzene rings is 2. The predicted octanol–water partition coefficient (Wildman–Crippen LogP) is 6.50. The topological polar surface area (TPSA) is 32.8 Å². The van der Waals surface area contributed by atoms with E-state index in [0.29, 0.717) is 16.2 Å². The molecule has 2 aliphatic heterocycles. The number of rotatable bonds is 7. The number of nitrogens with zero attached hydrogens (tertiary/aromatic N) is 2. The van der Waals surface area contributed by atoms with E-state index >= 15 is 0 Å². The van der Waals surface area contributed by atoms with E-state index in [2.05, 4.69) is 33.0 Å². The van der Waals surface area contributed by atoms with E-state index in [0.717, 1.165) is 50.5 Å². The van der Waals surface area contributed by atoms with Gasteiger partial charge in [0, 0.05) is 27.0 Å². The average molecular weight is 524 g/mol. The smallest absolute Gasteiger partial charge is 0.286 e. The minimum Gasteiger partial charge on any atom is -0.497 e. The van der Waals surface area contributed by atoms with Crippen LogP contribution in [0.5, 0.6) is 5.75 Å². The van der Waals surface area contributed by atoms with Crippen LogP contribution in [-0.4, -0.2) is 48.7 Å². The van der Waals surface area contributed by atoms with Crippen LogP contribution >= 0.6 is 39.3 Å². The van der Waals surface area contributed by atoms with Crippen LogP contribution in [0.25, 0.3) is 0 Å². The van der Waals surface area contributed by atoms with E-state index in [1.54, 1.807) is 7.11 Å². The van der Waals surface area contributed by atoms with Crippen molar-refractivity contribution < 1.29 is 9.53 Å². The van der Waals surface area contributed by atoms with Crippen molar-refractivity contribution >= 4 is 50.2 Å². The zero-order valence-corrected chi connectivity index (χ0v) is 20.9. The van der Waals surface area contributed by atoms with Crippen LogP contribution in [0.15, 0.2) is 46.9 Å². The van der Waals surface area contributed by atoms with Crippen LogP contribution in [-0.2, 0) is 6.42 Å². The zero-order chi connectivity index (χ0) is 21.8. The van der Waals surface area contributed by atoms with Gasteiger partial charge in [-0.2, -0.15) is 0 Å². The van der Waals surface area contributed by atoms with Crippen LogP contribution in [0.3, 0.4) is 0 Å². The second kappa shape index (κ2) is 10.6. The largest absolute Gasteiger partial charge is 0.497 e. The van der Waals surface area contributed by atoms with E-state index in [-0.39, 0.29) is 5.24 Å². The van der Waals surface area contributed by atoms with Crippen molar-refractivity contribution in [1.29, 1.82) is 0 Å². The van der Waals surface area contributed by atoms with Gasteiger partial charge in [-0.1, -0.05) is 39.3 Å². The van der Waals surface area contributed by atoms with E-state index in [4.69, 9.17) is 16.3 Å². The molecule has 2 heterocycles. The molecular weight excluding hydrogens is 496 g/mol. The molecule has 7 heteroatoms. The number of halogens is 2. The molecule has 2 fully saturated rings. The van der Waals surface area contributed by atoms with E-state index in [1.807, 2.05) is 35.2 Å². The molecule has 1 amide bonds. The van der Waals surface area contributed by atoms with Gasteiger partial charge in [0.2, 0.25) is 0 Å². The monoisotopic (exact) mass is 522 g/mol. The van der Waals surface area contributed by atoms with Crippen LogP contribution in [0.2, 0.25) is 5.02 Å². The Labute approximate surface area is 202 Å². The predicted molar refractivity (Wildman–Crippen MR) is 134 cm³/mol. The first-order valence-electron chi connectivity index (χ1n) is 10.8. The van der Waals surface area contributed by atoms with Crippen LogP contribution < -0.4 is 9.64 Å². The lowest BCUT2D eigenvalue weighted by Gasteiger charge is -2.32. The van der Waals surface area contributed by atoms with Crippen molar-refractivity contribution in [2.24, 2.45) is 5.92 Å². The first-order chi connectivity index (χ1) is 15.0. The Morgan fingerprint density at radius 1 is 1.16 bits per heavy atom. The summed E-state index contributed by atoms with van der Waals surface area (Å²) in [7, 11) is 1.72. The number of anilines is 1. The number of piperidine rings is 1. The summed E-state index contributed by atoms with van der Waals surface area (Å²) in [5, 5.41) is 1.20. The molecule has 0 radical (unpaired) electrons. The Hall–Kier alpha value is -1.21. The Morgan fingerprint density at radius 2 is 1.90 bits per heavy atom. The SMILES string of the molecule is COc1ccc(Br)c(CC2CCN(CCC3CN(c4ccc(Cl)cc4)C(=O)S3)CC2)c1. The van der Waals surface area contributed by atoms with Gasteiger partial charge in [0.15, 0.2) is 0 Å². The molecule has 2 aromatic rings. The summed E-state index contributed by atoms with van der Waals surface area (Å²) in [6, 6.07) is 13.8. The van der Waals surface area contributed by atoms with Gasteiger partial charge in [0.1, 0.15) is 5.75 Å². The average Bonchev–Trinajstić information content (AvgIpc) is 3.16. The molecule has 2 aliphatic rings. The fourth-order valence-electron chi connectivity index (χ4n) is 4.39. The third-order valence-electron chi connectivity index (χ3n) is 6.25. The first kappa shape index (κ1) is 23.0. The Balaban J connectivity index is 1.22. The molecule has 4 rings (SSSR count). The van der Waals surface area contributed by atoms with Crippen LogP contribution in [0.4, 0.5) is 10.5 Å². The zero-order valence-electron chi connectivity index (χ0n) is 17.7. The minimum atomic E-state index is 0.148. The molecule has 1 atom stereocenters. The summed E-state index contributed by atoms with van der Waals surface area (Å²) in [4.78, 5) is 16.9. The van der Waals surface area contributed by atoms with Crippen molar-refractivity contribution in [2.45, 2.75) is 30.9 Å². The minimum absolute atomic E-state index is 0.148. The molecule has 0 aromatic heterocycles. The summed E-state index contributed by atoms with van der Waals surface area (Å²) in [5.74, 6) is 1.63. The highest BCUT2D eigenvalue weighted by molar-refractivity contribution is 9.10. The fraction of sp³-hybridized carbons (Fsp3) is 0.458. The van der Waals surface area contributed by atoms with E-state index in [9.17, 15) is 4.79 Å². The second-order valence-corrected chi connectivity index (χ2v) is 10.9. The normalized spacial score (nSPS) is 20.4. The fourth-order valence-corrected chi connectivity index (χ4v) is 5.96. The maximum atomic E-state index is 12.4. The highest BCUT2D eigenvalue weighted by Crippen LogP contribution is 2.33. The van der Waals surface area contributed by atoms with Gasteiger partial charge in [-0.25, -0.2) is 0 Å². The third kappa shape index (κ3) is 5.98.